The molecule has 1 spiro atoms. The molecule has 6 rings (SSSR count). The van der Waals surface area contributed by atoms with Crippen LogP contribution in [0.3, 0.4) is 0 Å². The number of rotatable bonds is 4. The second kappa shape index (κ2) is 9.89. The average molecular weight is 558 g/mol. The van der Waals surface area contributed by atoms with Crippen LogP contribution < -0.4 is 10.1 Å². The highest BCUT2D eigenvalue weighted by molar-refractivity contribution is 6.31. The Bertz CT molecular complexity index is 1280. The Morgan fingerprint density at radius 3 is 2.95 bits per heavy atom. The number of hydrogen-bond donors (Lipinski definition) is 1. The standard InChI is InChI=1S/C30H37ClFN3O4/c1-28(2,3)39-27(36)33-21-8-7-19-6-4-10-30(23(19)12-21)15-25-22(17-38-30)24(31)13-26(34-25)37-18-29-9-5-11-35(29)16-20(32)14-29/h7-8,12-13,20H,4-6,9-11,14-18H2,1-3H3,(H,33,36)/t20-,29+,30?/m1/s1. The number of alkyl halides is 1. The number of fused-ring (bicyclic) bond motifs is 4. The maximum Gasteiger partial charge on any atom is 0.412 e. The van der Waals surface area contributed by atoms with Crippen molar-refractivity contribution in [2.75, 3.05) is 25.0 Å². The molecule has 1 aromatic carbocycles. The Balaban J connectivity index is 1.24. The van der Waals surface area contributed by atoms with Crippen LogP contribution in [0.1, 0.15) is 75.3 Å². The summed E-state index contributed by atoms with van der Waals surface area (Å²) in [7, 11) is 0. The fourth-order valence-electron chi connectivity index (χ4n) is 6.88. The van der Waals surface area contributed by atoms with E-state index >= 15 is 0 Å². The summed E-state index contributed by atoms with van der Waals surface area (Å²) >= 11 is 6.71. The number of nitrogens with zero attached hydrogens (tertiary/aromatic N) is 2. The van der Waals surface area contributed by atoms with Gasteiger partial charge in [-0.3, -0.25) is 10.2 Å². The summed E-state index contributed by atoms with van der Waals surface area (Å²) in [5.74, 6) is 0.482. The number of carbonyl (C=O) groups is 1. The average Bonchev–Trinajstić information content (AvgIpc) is 3.38. The normalized spacial score (nSPS) is 28.1. The van der Waals surface area contributed by atoms with Crippen molar-refractivity contribution in [3.8, 4) is 5.88 Å². The van der Waals surface area contributed by atoms with Gasteiger partial charge in [0.05, 0.1) is 28.5 Å². The van der Waals surface area contributed by atoms with Crippen molar-refractivity contribution in [3.63, 3.8) is 0 Å². The second-order valence-corrected chi connectivity index (χ2v) is 13.0. The van der Waals surface area contributed by atoms with Crippen molar-refractivity contribution < 1.29 is 23.4 Å². The van der Waals surface area contributed by atoms with E-state index in [0.717, 1.165) is 55.5 Å². The van der Waals surface area contributed by atoms with Crippen molar-refractivity contribution in [2.24, 2.45) is 0 Å². The van der Waals surface area contributed by atoms with Gasteiger partial charge in [-0.15, -0.1) is 0 Å². The van der Waals surface area contributed by atoms with Crippen molar-refractivity contribution in [3.05, 3.63) is 51.7 Å². The molecule has 2 fully saturated rings. The minimum absolute atomic E-state index is 0.242. The van der Waals surface area contributed by atoms with E-state index in [-0.39, 0.29) is 5.54 Å². The smallest absolute Gasteiger partial charge is 0.412 e. The molecule has 4 heterocycles. The number of aryl methyl sites for hydroxylation is 1. The summed E-state index contributed by atoms with van der Waals surface area (Å²) in [6.45, 7) is 7.70. The summed E-state index contributed by atoms with van der Waals surface area (Å²) < 4.78 is 32.5. The maximum absolute atomic E-state index is 14.2. The van der Waals surface area contributed by atoms with Crippen LogP contribution in [0, 0.1) is 0 Å². The number of carbonyl (C=O) groups excluding carboxylic acids is 1. The molecule has 4 aliphatic rings. The summed E-state index contributed by atoms with van der Waals surface area (Å²) in [4.78, 5) is 19.6. The summed E-state index contributed by atoms with van der Waals surface area (Å²) in [5, 5.41) is 3.45. The number of hydrogen-bond acceptors (Lipinski definition) is 6. The molecule has 0 saturated carbocycles. The van der Waals surface area contributed by atoms with Gasteiger partial charge in [-0.05, 0) is 82.7 Å². The fourth-order valence-corrected chi connectivity index (χ4v) is 7.13. The molecule has 210 valence electrons. The first-order chi connectivity index (χ1) is 18.5. The molecule has 1 aromatic heterocycles. The number of nitrogens with one attached hydrogen (secondary N) is 1. The van der Waals surface area contributed by atoms with Crippen LogP contribution >= 0.6 is 11.6 Å². The first-order valence-corrected chi connectivity index (χ1v) is 14.4. The molecule has 7 nitrogen and oxygen atoms in total. The summed E-state index contributed by atoms with van der Waals surface area (Å²) in [5.41, 5.74) is 3.32. The zero-order valence-electron chi connectivity index (χ0n) is 22.9. The van der Waals surface area contributed by atoms with Gasteiger partial charge in [0.2, 0.25) is 5.88 Å². The zero-order chi connectivity index (χ0) is 27.4. The fraction of sp³-hybridized carbons (Fsp3) is 0.600. The van der Waals surface area contributed by atoms with Crippen LogP contribution in [0.25, 0.3) is 0 Å². The van der Waals surface area contributed by atoms with Gasteiger partial charge in [-0.1, -0.05) is 17.7 Å². The van der Waals surface area contributed by atoms with Crippen molar-refractivity contribution in [2.45, 2.75) is 95.2 Å². The first-order valence-electron chi connectivity index (χ1n) is 14.0. The Morgan fingerprint density at radius 1 is 1.28 bits per heavy atom. The van der Waals surface area contributed by atoms with Crippen molar-refractivity contribution in [1.29, 1.82) is 0 Å². The SMILES string of the molecule is CC(C)(C)OC(=O)Nc1ccc2c(c1)C1(CCC2)Cc2nc(OC[C@@]34CCCN3C[C@H](F)C4)cc(Cl)c2CO1. The van der Waals surface area contributed by atoms with Gasteiger partial charge >= 0.3 is 6.09 Å². The van der Waals surface area contributed by atoms with Crippen LogP contribution in [0.5, 0.6) is 5.88 Å². The van der Waals surface area contributed by atoms with E-state index in [0.29, 0.717) is 49.2 Å². The molecule has 2 aromatic rings. The molecule has 0 radical (unpaired) electrons. The molecule has 39 heavy (non-hydrogen) atoms. The van der Waals surface area contributed by atoms with Gasteiger partial charge in [-0.2, -0.15) is 0 Å². The van der Waals surface area contributed by atoms with Gasteiger partial charge in [0.15, 0.2) is 0 Å². The van der Waals surface area contributed by atoms with Gasteiger partial charge in [0, 0.05) is 36.7 Å². The molecular formula is C30H37ClFN3O4. The number of benzene rings is 1. The van der Waals surface area contributed by atoms with Crippen LogP contribution in [-0.2, 0) is 34.5 Å². The molecule has 1 amide bonds. The van der Waals surface area contributed by atoms with Gasteiger partial charge in [0.25, 0.3) is 0 Å². The van der Waals surface area contributed by atoms with Crippen LogP contribution in [0.4, 0.5) is 14.9 Å². The topological polar surface area (TPSA) is 72.9 Å². The van der Waals surface area contributed by atoms with Crippen LogP contribution in [-0.4, -0.2) is 53.0 Å². The molecule has 2 saturated heterocycles. The highest BCUT2D eigenvalue weighted by Gasteiger charge is 2.49. The van der Waals surface area contributed by atoms with E-state index in [9.17, 15) is 9.18 Å². The lowest BCUT2D eigenvalue weighted by molar-refractivity contribution is -0.0855. The number of ether oxygens (including phenoxy) is 3. The molecule has 1 aliphatic carbocycles. The van der Waals surface area contributed by atoms with Gasteiger partial charge in [0.1, 0.15) is 18.4 Å². The van der Waals surface area contributed by atoms with E-state index in [2.05, 4.69) is 16.3 Å². The lowest BCUT2D eigenvalue weighted by Crippen LogP contribution is -2.43. The van der Waals surface area contributed by atoms with Crippen LogP contribution in [0.15, 0.2) is 24.3 Å². The molecule has 3 aliphatic heterocycles. The second-order valence-electron chi connectivity index (χ2n) is 12.5. The third kappa shape index (κ3) is 5.23. The Labute approximate surface area is 234 Å². The lowest BCUT2D eigenvalue weighted by Gasteiger charge is -2.42. The number of amides is 1. The highest BCUT2D eigenvalue weighted by Crippen LogP contribution is 2.47. The van der Waals surface area contributed by atoms with Crippen LogP contribution in [0.2, 0.25) is 5.02 Å². The first kappa shape index (κ1) is 26.8. The third-order valence-corrected chi connectivity index (χ3v) is 8.94. The van der Waals surface area contributed by atoms with Crippen molar-refractivity contribution >= 4 is 23.4 Å². The molecular weight excluding hydrogens is 521 g/mol. The number of anilines is 1. The predicted molar refractivity (Wildman–Crippen MR) is 147 cm³/mol. The largest absolute Gasteiger partial charge is 0.476 e. The van der Waals surface area contributed by atoms with E-state index < -0.39 is 23.5 Å². The van der Waals surface area contributed by atoms with E-state index in [4.69, 9.17) is 30.8 Å². The van der Waals surface area contributed by atoms with E-state index in [1.54, 1.807) is 6.07 Å². The highest BCUT2D eigenvalue weighted by atomic mass is 35.5. The number of pyridine rings is 1. The van der Waals surface area contributed by atoms with E-state index in [1.807, 2.05) is 32.9 Å². The third-order valence-electron chi connectivity index (χ3n) is 8.60. The summed E-state index contributed by atoms with van der Waals surface area (Å²) in [6.07, 6.45) is 4.59. The minimum Gasteiger partial charge on any atom is -0.476 e. The molecule has 1 N–H and O–H groups in total. The Kier molecular flexibility index (Phi) is 6.79. The number of halogens is 2. The summed E-state index contributed by atoms with van der Waals surface area (Å²) in [6, 6.07) is 7.74. The lowest BCUT2D eigenvalue weighted by atomic mass is 9.74. The van der Waals surface area contributed by atoms with Crippen molar-refractivity contribution in [1.82, 2.24) is 9.88 Å². The monoisotopic (exact) mass is 557 g/mol. The predicted octanol–water partition coefficient (Wildman–Crippen LogP) is 6.34. The van der Waals surface area contributed by atoms with Gasteiger partial charge in [-0.25, -0.2) is 14.2 Å². The molecule has 9 heteroatoms. The molecule has 1 unspecified atom stereocenters. The Morgan fingerprint density at radius 2 is 2.13 bits per heavy atom. The van der Waals surface area contributed by atoms with E-state index in [1.165, 1.54) is 5.56 Å². The quantitative estimate of drug-likeness (QED) is 0.473. The minimum atomic E-state index is -0.799. The van der Waals surface area contributed by atoms with Gasteiger partial charge < -0.3 is 14.2 Å². The number of aromatic nitrogens is 1. The molecule has 0 bridgehead atoms. The maximum atomic E-state index is 14.2. The Hall–Kier alpha value is -2.42. The zero-order valence-corrected chi connectivity index (χ0v) is 23.7. The molecule has 3 atom stereocenters.